The van der Waals surface area contributed by atoms with E-state index in [1.54, 1.807) is 24.3 Å². The Labute approximate surface area is 170 Å². The van der Waals surface area contributed by atoms with E-state index < -0.39 is 0 Å². The fourth-order valence-electron chi connectivity index (χ4n) is 3.18. The molecule has 5 heteroatoms. The van der Waals surface area contributed by atoms with Crippen LogP contribution < -0.4 is 15.8 Å². The molecule has 0 aliphatic heterocycles. The first kappa shape index (κ1) is 20.6. The van der Waals surface area contributed by atoms with E-state index in [1.165, 1.54) is 6.92 Å². The van der Waals surface area contributed by atoms with Crippen LogP contribution in [-0.4, -0.2) is 24.8 Å². The van der Waals surface area contributed by atoms with Crippen molar-refractivity contribution in [3.63, 3.8) is 0 Å². The van der Waals surface area contributed by atoms with Crippen LogP contribution in [0.1, 0.15) is 41.7 Å². The summed E-state index contributed by atoms with van der Waals surface area (Å²) in [4.78, 5) is 23.6. The number of nitrogens with one attached hydrogen (secondary N) is 1. The molecular weight excluding hydrogens is 364 g/mol. The van der Waals surface area contributed by atoms with Crippen molar-refractivity contribution in [2.24, 2.45) is 5.73 Å². The van der Waals surface area contributed by atoms with Crippen molar-refractivity contribution >= 4 is 22.5 Å². The molecule has 150 valence electrons. The van der Waals surface area contributed by atoms with Gasteiger partial charge in [-0.1, -0.05) is 36.4 Å². The SMILES string of the molecule is CC(=O)c1ccc(OCCCC(=O)NC(CN)c2ccc3ccccc3c2)cc1. The zero-order valence-corrected chi connectivity index (χ0v) is 16.6. The zero-order chi connectivity index (χ0) is 20.6. The number of nitrogens with two attached hydrogens (primary N) is 1. The molecule has 1 amide bonds. The molecule has 3 aromatic carbocycles. The van der Waals surface area contributed by atoms with E-state index in [0.29, 0.717) is 37.3 Å². The van der Waals surface area contributed by atoms with Crippen LogP contribution in [0.4, 0.5) is 0 Å². The molecule has 29 heavy (non-hydrogen) atoms. The summed E-state index contributed by atoms with van der Waals surface area (Å²) >= 11 is 0. The highest BCUT2D eigenvalue weighted by Crippen LogP contribution is 2.20. The van der Waals surface area contributed by atoms with Crippen LogP contribution >= 0.6 is 0 Å². The maximum absolute atomic E-state index is 12.3. The minimum atomic E-state index is -0.216. The van der Waals surface area contributed by atoms with Crippen molar-refractivity contribution in [3.05, 3.63) is 77.9 Å². The Bertz CT molecular complexity index is 983. The van der Waals surface area contributed by atoms with Crippen molar-refractivity contribution in [2.45, 2.75) is 25.8 Å². The van der Waals surface area contributed by atoms with Crippen LogP contribution in [0, 0.1) is 0 Å². The van der Waals surface area contributed by atoms with Gasteiger partial charge in [-0.2, -0.15) is 0 Å². The van der Waals surface area contributed by atoms with Crippen LogP contribution in [0.15, 0.2) is 66.7 Å². The van der Waals surface area contributed by atoms with Gasteiger partial charge in [0.25, 0.3) is 0 Å². The maximum atomic E-state index is 12.3. The Balaban J connectivity index is 1.47. The van der Waals surface area contributed by atoms with Gasteiger partial charge in [0.2, 0.25) is 5.91 Å². The number of hydrogen-bond donors (Lipinski definition) is 2. The summed E-state index contributed by atoms with van der Waals surface area (Å²) in [5.41, 5.74) is 7.55. The van der Waals surface area contributed by atoms with Gasteiger partial charge >= 0.3 is 0 Å². The summed E-state index contributed by atoms with van der Waals surface area (Å²) in [6.45, 7) is 2.29. The third-order valence-electron chi connectivity index (χ3n) is 4.82. The molecule has 0 spiro atoms. The molecule has 3 N–H and O–H groups in total. The lowest BCUT2D eigenvalue weighted by atomic mass is 10.0. The molecule has 5 nitrogen and oxygen atoms in total. The molecule has 3 rings (SSSR count). The number of ketones is 1. The molecule has 0 aliphatic rings. The number of benzene rings is 3. The second-order valence-corrected chi connectivity index (χ2v) is 6.99. The first-order chi connectivity index (χ1) is 14.1. The van der Waals surface area contributed by atoms with Crippen LogP contribution in [0.2, 0.25) is 0 Å². The van der Waals surface area contributed by atoms with Gasteiger partial charge in [-0.15, -0.1) is 0 Å². The third-order valence-corrected chi connectivity index (χ3v) is 4.82. The predicted octanol–water partition coefficient (Wildman–Crippen LogP) is 4.02. The summed E-state index contributed by atoms with van der Waals surface area (Å²) in [6.07, 6.45) is 0.949. The topological polar surface area (TPSA) is 81.4 Å². The van der Waals surface area contributed by atoms with Crippen LogP contribution in [-0.2, 0) is 4.79 Å². The normalized spacial score (nSPS) is 11.8. The standard InChI is InChI=1S/C24H26N2O3/c1-17(27)18-10-12-22(13-11-18)29-14-4-7-24(28)26-23(16-25)21-9-8-19-5-2-3-6-20(19)15-21/h2-3,5-6,8-13,15,23H,4,7,14,16,25H2,1H3,(H,26,28). The summed E-state index contributed by atoms with van der Waals surface area (Å²) in [5, 5.41) is 5.30. The smallest absolute Gasteiger partial charge is 0.220 e. The largest absolute Gasteiger partial charge is 0.494 e. The van der Waals surface area contributed by atoms with Crippen LogP contribution in [0.3, 0.4) is 0 Å². The lowest BCUT2D eigenvalue weighted by Crippen LogP contribution is -2.33. The molecule has 0 aliphatic carbocycles. The van der Waals surface area contributed by atoms with Crippen molar-refractivity contribution in [3.8, 4) is 5.75 Å². The summed E-state index contributed by atoms with van der Waals surface area (Å²) in [5.74, 6) is 0.657. The second-order valence-electron chi connectivity index (χ2n) is 6.99. The first-order valence-corrected chi connectivity index (χ1v) is 9.79. The number of amides is 1. The van der Waals surface area contributed by atoms with Gasteiger partial charge in [0, 0.05) is 18.5 Å². The molecule has 1 unspecified atom stereocenters. The highest BCUT2D eigenvalue weighted by atomic mass is 16.5. The number of Topliss-reactive ketones (excluding diaryl/α,β-unsaturated/α-hetero) is 1. The molecule has 0 bridgehead atoms. The maximum Gasteiger partial charge on any atom is 0.220 e. The van der Waals surface area contributed by atoms with Gasteiger partial charge in [-0.25, -0.2) is 0 Å². The number of fused-ring (bicyclic) bond motifs is 1. The Hall–Kier alpha value is -3.18. The summed E-state index contributed by atoms with van der Waals surface area (Å²) in [7, 11) is 0. The molecule has 0 saturated heterocycles. The average Bonchev–Trinajstić information content (AvgIpc) is 2.75. The minimum absolute atomic E-state index is 0.0223. The molecule has 0 radical (unpaired) electrons. The Morgan fingerprint density at radius 1 is 1.00 bits per heavy atom. The van der Waals surface area contributed by atoms with Crippen molar-refractivity contribution in [2.75, 3.05) is 13.2 Å². The molecule has 3 aromatic rings. The zero-order valence-electron chi connectivity index (χ0n) is 16.6. The van der Waals surface area contributed by atoms with Gasteiger partial charge in [-0.05, 0) is 60.0 Å². The van der Waals surface area contributed by atoms with E-state index in [2.05, 4.69) is 23.5 Å². The van der Waals surface area contributed by atoms with Crippen LogP contribution in [0.25, 0.3) is 10.8 Å². The molecule has 1 atom stereocenters. The fourth-order valence-corrected chi connectivity index (χ4v) is 3.18. The molecule has 0 aromatic heterocycles. The van der Waals surface area contributed by atoms with Crippen molar-refractivity contribution < 1.29 is 14.3 Å². The monoisotopic (exact) mass is 390 g/mol. The second kappa shape index (κ2) is 9.85. The van der Waals surface area contributed by atoms with Crippen molar-refractivity contribution in [1.82, 2.24) is 5.32 Å². The first-order valence-electron chi connectivity index (χ1n) is 9.79. The van der Waals surface area contributed by atoms with Gasteiger partial charge in [-0.3, -0.25) is 9.59 Å². The minimum Gasteiger partial charge on any atom is -0.494 e. The highest BCUT2D eigenvalue weighted by molar-refractivity contribution is 5.94. The lowest BCUT2D eigenvalue weighted by Gasteiger charge is -2.18. The quantitative estimate of drug-likeness (QED) is 0.427. The number of carbonyl (C=O) groups excluding carboxylic acids is 2. The molecule has 0 saturated carbocycles. The molecular formula is C24H26N2O3. The number of hydrogen-bond acceptors (Lipinski definition) is 4. The lowest BCUT2D eigenvalue weighted by molar-refractivity contribution is -0.122. The Morgan fingerprint density at radius 3 is 2.41 bits per heavy atom. The third kappa shape index (κ3) is 5.65. The highest BCUT2D eigenvalue weighted by Gasteiger charge is 2.13. The number of ether oxygens (including phenoxy) is 1. The van der Waals surface area contributed by atoms with Gasteiger partial charge in [0.15, 0.2) is 5.78 Å². The van der Waals surface area contributed by atoms with Gasteiger partial charge in [0.05, 0.1) is 12.6 Å². The summed E-state index contributed by atoms with van der Waals surface area (Å²) < 4.78 is 5.64. The fraction of sp³-hybridized carbons (Fsp3) is 0.250. The van der Waals surface area contributed by atoms with E-state index in [0.717, 1.165) is 16.3 Å². The Morgan fingerprint density at radius 2 is 1.72 bits per heavy atom. The van der Waals surface area contributed by atoms with Gasteiger partial charge < -0.3 is 15.8 Å². The van der Waals surface area contributed by atoms with Crippen molar-refractivity contribution in [1.29, 1.82) is 0 Å². The van der Waals surface area contributed by atoms with E-state index in [-0.39, 0.29) is 17.7 Å². The average molecular weight is 390 g/mol. The van der Waals surface area contributed by atoms with Crippen LogP contribution in [0.5, 0.6) is 5.75 Å². The van der Waals surface area contributed by atoms with E-state index in [4.69, 9.17) is 10.5 Å². The summed E-state index contributed by atoms with van der Waals surface area (Å²) in [6, 6.07) is 21.0. The molecule has 0 fully saturated rings. The van der Waals surface area contributed by atoms with E-state index in [9.17, 15) is 9.59 Å². The van der Waals surface area contributed by atoms with Gasteiger partial charge in [0.1, 0.15) is 5.75 Å². The van der Waals surface area contributed by atoms with E-state index in [1.807, 2.05) is 24.3 Å². The Kier molecular flexibility index (Phi) is 6.98. The predicted molar refractivity (Wildman–Crippen MR) is 115 cm³/mol. The number of carbonyl (C=O) groups is 2. The molecule has 0 heterocycles. The number of rotatable bonds is 9. The van der Waals surface area contributed by atoms with E-state index >= 15 is 0 Å².